The van der Waals surface area contributed by atoms with Gasteiger partial charge in [-0.15, -0.1) is 0 Å². The van der Waals surface area contributed by atoms with Crippen LogP contribution in [0.5, 0.6) is 0 Å². The lowest BCUT2D eigenvalue weighted by atomic mass is 10.1. The lowest BCUT2D eigenvalue weighted by molar-refractivity contribution is 0.466. The Morgan fingerprint density at radius 3 is 2.52 bits per heavy atom. The molecular weight excluding hydrogens is 373 g/mol. The Labute approximate surface area is 160 Å². The predicted molar refractivity (Wildman–Crippen MR) is 104 cm³/mol. The van der Waals surface area contributed by atoms with Gasteiger partial charge in [-0.2, -0.15) is 5.26 Å². The van der Waals surface area contributed by atoms with Crippen molar-refractivity contribution in [1.29, 1.82) is 5.26 Å². The summed E-state index contributed by atoms with van der Waals surface area (Å²) in [4.78, 5) is 1.09. The first-order chi connectivity index (χ1) is 12.0. The zero-order chi connectivity index (χ0) is 17.8. The van der Waals surface area contributed by atoms with Crippen molar-refractivity contribution >= 4 is 46.6 Å². The molecule has 0 aliphatic heterocycles. The van der Waals surface area contributed by atoms with Gasteiger partial charge in [0.1, 0.15) is 5.76 Å². The number of halogens is 2. The molecule has 0 bridgehead atoms. The van der Waals surface area contributed by atoms with Crippen LogP contribution in [0.4, 0.5) is 0 Å². The van der Waals surface area contributed by atoms with E-state index in [-0.39, 0.29) is 0 Å². The average molecular weight is 386 g/mol. The highest BCUT2D eigenvalue weighted by Crippen LogP contribution is 2.32. The summed E-state index contributed by atoms with van der Waals surface area (Å²) >= 11 is 13.6. The summed E-state index contributed by atoms with van der Waals surface area (Å²) in [6.45, 7) is 2.05. The maximum Gasteiger partial charge on any atom is 0.165 e. The van der Waals surface area contributed by atoms with Crippen LogP contribution in [-0.2, 0) is 0 Å². The second kappa shape index (κ2) is 7.84. The number of benzene rings is 2. The molecule has 0 N–H and O–H groups in total. The van der Waals surface area contributed by atoms with E-state index in [0.717, 1.165) is 9.99 Å². The van der Waals surface area contributed by atoms with Crippen molar-refractivity contribution in [2.45, 2.75) is 16.9 Å². The molecule has 0 saturated carbocycles. The van der Waals surface area contributed by atoms with Crippen LogP contribution in [-0.4, -0.2) is 0 Å². The summed E-state index contributed by atoms with van der Waals surface area (Å²) < 4.78 is 5.80. The van der Waals surface area contributed by atoms with Gasteiger partial charge in [-0.05, 0) is 49.4 Å². The Hall–Kier alpha value is -2.12. The fourth-order valence-corrected chi connectivity index (χ4v) is 3.50. The van der Waals surface area contributed by atoms with Crippen LogP contribution in [0.2, 0.25) is 10.0 Å². The van der Waals surface area contributed by atoms with Crippen LogP contribution in [0.3, 0.4) is 0 Å². The highest BCUT2D eigenvalue weighted by Gasteiger charge is 2.09. The second-order valence-electron chi connectivity index (χ2n) is 5.37. The smallest absolute Gasteiger partial charge is 0.165 e. The van der Waals surface area contributed by atoms with Gasteiger partial charge in [-0.1, -0.05) is 58.7 Å². The second-order valence-corrected chi connectivity index (χ2v) is 7.29. The summed E-state index contributed by atoms with van der Waals surface area (Å²) in [7, 11) is 0. The molecule has 1 aromatic heterocycles. The van der Waals surface area contributed by atoms with Gasteiger partial charge in [-0.3, -0.25) is 0 Å². The van der Waals surface area contributed by atoms with Gasteiger partial charge >= 0.3 is 0 Å². The Morgan fingerprint density at radius 2 is 1.84 bits per heavy atom. The van der Waals surface area contributed by atoms with Crippen molar-refractivity contribution in [3.05, 3.63) is 81.5 Å². The van der Waals surface area contributed by atoms with Crippen molar-refractivity contribution in [3.63, 3.8) is 0 Å². The summed E-state index contributed by atoms with van der Waals surface area (Å²) in [5, 5.41) is 11.2. The summed E-state index contributed by atoms with van der Waals surface area (Å²) in [6.07, 6.45) is 1.67. The third kappa shape index (κ3) is 4.49. The molecule has 0 aliphatic carbocycles. The minimum Gasteiger partial charge on any atom is -0.450 e. The average Bonchev–Trinajstić information content (AvgIpc) is 3.02. The van der Waals surface area contributed by atoms with E-state index in [4.69, 9.17) is 27.6 Å². The SMILES string of the molecule is Cc1ccc(Sc2ccc(/C=C(/C#N)c3ccc(Cl)cc3Cl)o2)cc1. The van der Waals surface area contributed by atoms with Gasteiger partial charge in [0.2, 0.25) is 0 Å². The van der Waals surface area contributed by atoms with E-state index >= 15 is 0 Å². The van der Waals surface area contributed by atoms with Crippen molar-refractivity contribution in [1.82, 2.24) is 0 Å². The van der Waals surface area contributed by atoms with Gasteiger partial charge in [0.15, 0.2) is 5.09 Å². The van der Waals surface area contributed by atoms with E-state index in [9.17, 15) is 5.26 Å². The van der Waals surface area contributed by atoms with Crippen molar-refractivity contribution in [2.24, 2.45) is 0 Å². The Bertz CT molecular complexity index is 968. The summed E-state index contributed by atoms with van der Waals surface area (Å²) in [5.41, 5.74) is 2.26. The number of rotatable bonds is 4. The summed E-state index contributed by atoms with van der Waals surface area (Å²) in [6, 6.07) is 19.1. The van der Waals surface area contributed by atoms with Gasteiger partial charge in [-0.25, -0.2) is 0 Å². The number of nitrogens with zero attached hydrogens (tertiary/aromatic N) is 1. The molecule has 0 spiro atoms. The minimum absolute atomic E-state index is 0.419. The normalized spacial score (nSPS) is 11.4. The van der Waals surface area contributed by atoms with Crippen LogP contribution >= 0.6 is 35.0 Å². The van der Waals surface area contributed by atoms with E-state index < -0.39 is 0 Å². The van der Waals surface area contributed by atoms with Crippen molar-refractivity contribution in [2.75, 3.05) is 0 Å². The van der Waals surface area contributed by atoms with E-state index in [1.807, 2.05) is 24.3 Å². The Balaban J connectivity index is 1.84. The van der Waals surface area contributed by atoms with E-state index in [0.29, 0.717) is 26.9 Å². The minimum atomic E-state index is 0.419. The van der Waals surface area contributed by atoms with Crippen molar-refractivity contribution < 1.29 is 4.42 Å². The van der Waals surface area contributed by atoms with Gasteiger partial charge < -0.3 is 4.42 Å². The van der Waals surface area contributed by atoms with Crippen LogP contribution in [0.25, 0.3) is 11.6 Å². The molecular formula is C20H13Cl2NOS. The fraction of sp³-hybridized carbons (Fsp3) is 0.0500. The van der Waals surface area contributed by atoms with Crippen LogP contribution in [0.1, 0.15) is 16.9 Å². The maximum atomic E-state index is 9.45. The standard InChI is InChI=1S/C20H13Cl2NOS/c1-13-2-6-17(7-3-13)25-20-9-5-16(24-20)10-14(12-23)18-8-4-15(21)11-19(18)22/h2-11H,1H3/b14-10-. The molecule has 25 heavy (non-hydrogen) atoms. The largest absolute Gasteiger partial charge is 0.450 e. The van der Waals surface area contributed by atoms with Gasteiger partial charge in [0, 0.05) is 15.5 Å². The monoisotopic (exact) mass is 385 g/mol. The first kappa shape index (κ1) is 17.7. The Kier molecular flexibility index (Phi) is 5.55. The van der Waals surface area contributed by atoms with Crippen LogP contribution in [0.15, 0.2) is 69.0 Å². The highest BCUT2D eigenvalue weighted by atomic mass is 35.5. The van der Waals surface area contributed by atoms with Gasteiger partial charge in [0.05, 0.1) is 16.7 Å². The maximum absolute atomic E-state index is 9.45. The first-order valence-corrected chi connectivity index (χ1v) is 9.04. The van der Waals surface area contributed by atoms with Gasteiger partial charge in [0.25, 0.3) is 0 Å². The van der Waals surface area contributed by atoms with E-state index in [2.05, 4.69) is 25.1 Å². The molecule has 0 atom stereocenters. The molecule has 0 fully saturated rings. The van der Waals surface area contributed by atoms with Crippen molar-refractivity contribution in [3.8, 4) is 6.07 Å². The van der Waals surface area contributed by atoms with Crippen LogP contribution < -0.4 is 0 Å². The number of aryl methyl sites for hydroxylation is 1. The molecule has 0 amide bonds. The van der Waals surface area contributed by atoms with Crippen LogP contribution in [0, 0.1) is 18.3 Å². The summed E-state index contributed by atoms with van der Waals surface area (Å²) in [5.74, 6) is 0.595. The molecule has 5 heteroatoms. The molecule has 124 valence electrons. The lowest BCUT2D eigenvalue weighted by Gasteiger charge is -2.02. The highest BCUT2D eigenvalue weighted by molar-refractivity contribution is 7.99. The molecule has 0 saturated heterocycles. The quantitative estimate of drug-likeness (QED) is 0.448. The third-order valence-corrected chi connectivity index (χ3v) is 4.95. The first-order valence-electron chi connectivity index (χ1n) is 7.47. The molecule has 0 unspecified atom stereocenters. The number of nitriles is 1. The number of furan rings is 1. The fourth-order valence-electron chi connectivity index (χ4n) is 2.21. The number of hydrogen-bond donors (Lipinski definition) is 0. The molecule has 1 heterocycles. The molecule has 0 aliphatic rings. The predicted octanol–water partition coefficient (Wildman–Crippen LogP) is 7.11. The van der Waals surface area contributed by atoms with E-state index in [1.54, 1.807) is 24.3 Å². The van der Waals surface area contributed by atoms with E-state index in [1.165, 1.54) is 17.3 Å². The Morgan fingerprint density at radius 1 is 1.08 bits per heavy atom. The zero-order valence-corrected chi connectivity index (χ0v) is 15.6. The molecule has 3 aromatic rings. The number of hydrogen-bond acceptors (Lipinski definition) is 3. The topological polar surface area (TPSA) is 36.9 Å². The molecule has 0 radical (unpaired) electrons. The lowest BCUT2D eigenvalue weighted by Crippen LogP contribution is -1.83. The molecule has 2 aromatic carbocycles. The molecule has 3 rings (SSSR count). The molecule has 2 nitrogen and oxygen atoms in total. The number of allylic oxidation sites excluding steroid dienone is 1. The third-order valence-electron chi connectivity index (χ3n) is 3.47. The zero-order valence-electron chi connectivity index (χ0n) is 13.3.